The lowest BCUT2D eigenvalue weighted by Gasteiger charge is -2.33. The van der Waals surface area contributed by atoms with E-state index < -0.39 is 16.1 Å². The Balaban J connectivity index is 1.95. The van der Waals surface area contributed by atoms with E-state index in [-0.39, 0.29) is 50.2 Å². The van der Waals surface area contributed by atoms with Crippen LogP contribution in [-0.2, 0) is 32.6 Å². The van der Waals surface area contributed by atoms with Crippen LogP contribution in [0.2, 0.25) is 10.0 Å². The second-order valence-electron chi connectivity index (χ2n) is 11.0. The van der Waals surface area contributed by atoms with Gasteiger partial charge in [0.2, 0.25) is 21.8 Å². The molecule has 0 fully saturated rings. The Bertz CT molecular complexity index is 1480. The largest absolute Gasteiger partial charge is 0.352 e. The van der Waals surface area contributed by atoms with Gasteiger partial charge in [0, 0.05) is 47.6 Å². The van der Waals surface area contributed by atoms with E-state index in [2.05, 4.69) is 5.32 Å². The molecule has 1 N–H and O–H groups in total. The third-order valence-electron chi connectivity index (χ3n) is 7.31. The van der Waals surface area contributed by atoms with Crippen molar-refractivity contribution in [3.8, 4) is 0 Å². The molecule has 3 aromatic carbocycles. The number of hydrogen-bond donors (Lipinski definition) is 1. The summed E-state index contributed by atoms with van der Waals surface area (Å²) in [6.07, 6.45) is 2.44. The molecule has 3 aromatic rings. The fourth-order valence-electron chi connectivity index (χ4n) is 4.95. The first-order valence-electron chi connectivity index (χ1n) is 14.4. The molecule has 0 unspecified atom stereocenters. The van der Waals surface area contributed by atoms with E-state index in [0.717, 1.165) is 29.4 Å². The molecule has 10 heteroatoms. The Morgan fingerprint density at radius 1 is 0.930 bits per heavy atom. The molecule has 0 radical (unpaired) electrons. The Morgan fingerprint density at radius 3 is 2.09 bits per heavy atom. The summed E-state index contributed by atoms with van der Waals surface area (Å²) in [6, 6.07) is 19.3. The van der Waals surface area contributed by atoms with Gasteiger partial charge in [0.1, 0.15) is 6.04 Å². The summed E-state index contributed by atoms with van der Waals surface area (Å²) in [5, 5.41) is 3.83. The lowest BCUT2D eigenvalue weighted by Crippen LogP contribution is -2.52. The van der Waals surface area contributed by atoms with Gasteiger partial charge in [-0.1, -0.05) is 72.6 Å². The molecule has 232 valence electrons. The summed E-state index contributed by atoms with van der Waals surface area (Å²) in [5.74, 6) is -0.576. The van der Waals surface area contributed by atoms with Crippen LogP contribution in [-0.4, -0.2) is 50.0 Å². The Labute approximate surface area is 266 Å². The maximum absolute atomic E-state index is 14.0. The van der Waals surface area contributed by atoms with E-state index in [1.165, 1.54) is 9.21 Å². The minimum atomic E-state index is -3.61. The van der Waals surface area contributed by atoms with Crippen molar-refractivity contribution in [2.45, 2.75) is 72.0 Å². The third kappa shape index (κ3) is 9.98. The predicted octanol–water partition coefficient (Wildman–Crippen LogP) is 6.71. The van der Waals surface area contributed by atoms with E-state index in [1.807, 2.05) is 76.2 Å². The lowest BCUT2D eigenvalue weighted by molar-refractivity contribution is -0.141. The van der Waals surface area contributed by atoms with Crippen molar-refractivity contribution in [3.05, 3.63) is 99.0 Å². The number of benzene rings is 3. The first kappa shape index (κ1) is 34.4. The van der Waals surface area contributed by atoms with Crippen LogP contribution in [0.15, 0.2) is 66.7 Å². The van der Waals surface area contributed by atoms with E-state index in [1.54, 1.807) is 18.2 Å². The van der Waals surface area contributed by atoms with Crippen molar-refractivity contribution < 1.29 is 18.0 Å². The zero-order valence-corrected chi connectivity index (χ0v) is 27.8. The van der Waals surface area contributed by atoms with Crippen LogP contribution in [0.4, 0.5) is 5.69 Å². The fraction of sp³-hybridized carbons (Fsp3) is 0.394. The van der Waals surface area contributed by atoms with Crippen molar-refractivity contribution >= 4 is 50.7 Å². The van der Waals surface area contributed by atoms with Gasteiger partial charge in [-0.05, 0) is 74.6 Å². The summed E-state index contributed by atoms with van der Waals surface area (Å²) in [7, 11) is -3.61. The van der Waals surface area contributed by atoms with E-state index in [9.17, 15) is 18.0 Å². The van der Waals surface area contributed by atoms with Gasteiger partial charge in [-0.3, -0.25) is 13.9 Å². The van der Waals surface area contributed by atoms with Gasteiger partial charge in [0.15, 0.2) is 0 Å². The second-order valence-corrected chi connectivity index (χ2v) is 13.8. The van der Waals surface area contributed by atoms with Gasteiger partial charge in [0.25, 0.3) is 0 Å². The van der Waals surface area contributed by atoms with Crippen LogP contribution < -0.4 is 9.62 Å². The van der Waals surface area contributed by atoms with Crippen LogP contribution in [0.3, 0.4) is 0 Å². The molecule has 0 bridgehead atoms. The predicted molar refractivity (Wildman–Crippen MR) is 176 cm³/mol. The highest BCUT2D eigenvalue weighted by molar-refractivity contribution is 7.92. The molecule has 2 atom stereocenters. The number of halogens is 2. The summed E-state index contributed by atoms with van der Waals surface area (Å²) in [4.78, 5) is 29.3. The normalized spacial score (nSPS) is 12.8. The van der Waals surface area contributed by atoms with Crippen molar-refractivity contribution in [2.75, 3.05) is 17.1 Å². The highest BCUT2D eigenvalue weighted by Gasteiger charge is 2.32. The van der Waals surface area contributed by atoms with Gasteiger partial charge < -0.3 is 10.2 Å². The first-order chi connectivity index (χ1) is 20.3. The molecule has 0 aliphatic rings. The third-order valence-corrected chi connectivity index (χ3v) is 9.21. The van der Waals surface area contributed by atoms with Crippen LogP contribution in [0.1, 0.15) is 55.4 Å². The number of nitrogens with one attached hydrogen (secondary N) is 1. The highest BCUT2D eigenvalue weighted by Crippen LogP contribution is 2.28. The minimum absolute atomic E-state index is 0.0147. The van der Waals surface area contributed by atoms with Crippen LogP contribution in [0.5, 0.6) is 0 Å². The van der Waals surface area contributed by atoms with E-state index >= 15 is 0 Å². The topological polar surface area (TPSA) is 86.8 Å². The summed E-state index contributed by atoms with van der Waals surface area (Å²) >= 11 is 13.0. The number of rotatable bonds is 14. The standard InChI is InChI=1S/C33H41Cl2N3O4S/c1-6-25(4)36-33(40)31(21-26-12-8-7-9-13-26)37(22-28-29(34)14-10-15-30(28)35)32(39)16-11-17-38(43(5,41)42)27-19-23(2)18-24(3)20-27/h7-10,12-15,18-20,25,31H,6,11,16-17,21-22H2,1-5H3,(H,36,40)/t25-,31+/m1/s1. The van der Waals surface area contributed by atoms with Gasteiger partial charge in [-0.15, -0.1) is 0 Å². The Kier molecular flexibility index (Phi) is 12.5. The van der Waals surface area contributed by atoms with Crippen molar-refractivity contribution in [1.29, 1.82) is 0 Å². The Morgan fingerprint density at radius 2 is 1.53 bits per heavy atom. The van der Waals surface area contributed by atoms with E-state index in [0.29, 0.717) is 21.3 Å². The maximum Gasteiger partial charge on any atom is 0.243 e. The van der Waals surface area contributed by atoms with Crippen LogP contribution in [0, 0.1) is 13.8 Å². The number of carbonyl (C=O) groups is 2. The molecule has 0 saturated carbocycles. The first-order valence-corrected chi connectivity index (χ1v) is 17.0. The van der Waals surface area contributed by atoms with Crippen molar-refractivity contribution in [2.24, 2.45) is 0 Å². The van der Waals surface area contributed by atoms with Gasteiger partial charge in [-0.2, -0.15) is 0 Å². The monoisotopic (exact) mass is 645 g/mol. The zero-order chi connectivity index (χ0) is 31.7. The number of sulfonamides is 1. The number of carbonyl (C=O) groups excluding carboxylic acids is 2. The molecule has 3 rings (SSSR count). The summed E-state index contributed by atoms with van der Waals surface area (Å²) in [6.45, 7) is 7.85. The van der Waals surface area contributed by atoms with Gasteiger partial charge in [-0.25, -0.2) is 8.42 Å². The molecule has 43 heavy (non-hydrogen) atoms. The smallest absolute Gasteiger partial charge is 0.243 e. The fourth-order valence-corrected chi connectivity index (χ4v) is 6.41. The average Bonchev–Trinajstić information content (AvgIpc) is 2.93. The summed E-state index contributed by atoms with van der Waals surface area (Å²) in [5.41, 5.74) is 3.88. The highest BCUT2D eigenvalue weighted by atomic mass is 35.5. The Hall–Kier alpha value is -3.07. The molecule has 0 heterocycles. The van der Waals surface area contributed by atoms with E-state index in [4.69, 9.17) is 23.2 Å². The molecule has 0 spiro atoms. The number of amides is 2. The number of anilines is 1. The lowest BCUT2D eigenvalue weighted by atomic mass is 10.0. The van der Waals surface area contributed by atoms with Crippen LogP contribution >= 0.6 is 23.2 Å². The molecular weight excluding hydrogens is 605 g/mol. The second kappa shape index (κ2) is 15.6. The molecule has 0 saturated heterocycles. The molecule has 0 aliphatic heterocycles. The zero-order valence-electron chi connectivity index (χ0n) is 25.4. The van der Waals surface area contributed by atoms with Crippen molar-refractivity contribution in [3.63, 3.8) is 0 Å². The minimum Gasteiger partial charge on any atom is -0.352 e. The number of nitrogens with zero attached hydrogens (tertiary/aromatic N) is 2. The summed E-state index contributed by atoms with van der Waals surface area (Å²) < 4.78 is 26.8. The SMILES string of the molecule is CC[C@@H](C)NC(=O)[C@H](Cc1ccccc1)N(Cc1c(Cl)cccc1Cl)C(=O)CCCN(c1cc(C)cc(C)c1)S(C)(=O)=O. The van der Waals surface area contributed by atoms with Crippen molar-refractivity contribution in [1.82, 2.24) is 10.2 Å². The maximum atomic E-state index is 14.0. The van der Waals surface area contributed by atoms with Gasteiger partial charge in [0.05, 0.1) is 11.9 Å². The molecule has 2 amide bonds. The molecule has 7 nitrogen and oxygen atoms in total. The molecule has 0 aromatic heterocycles. The van der Waals surface area contributed by atoms with Gasteiger partial charge >= 0.3 is 0 Å². The number of aryl methyl sites for hydroxylation is 2. The van der Waals surface area contributed by atoms with Crippen LogP contribution in [0.25, 0.3) is 0 Å². The number of hydrogen-bond acceptors (Lipinski definition) is 4. The molecular formula is C33H41Cl2N3O4S. The quantitative estimate of drug-likeness (QED) is 0.211. The molecule has 0 aliphatic carbocycles. The average molecular weight is 647 g/mol.